The van der Waals surface area contributed by atoms with Crippen molar-refractivity contribution in [3.8, 4) is 0 Å². The summed E-state index contributed by atoms with van der Waals surface area (Å²) in [6.45, 7) is 6.19. The van der Waals surface area contributed by atoms with Crippen LogP contribution in [0.1, 0.15) is 36.2 Å². The van der Waals surface area contributed by atoms with Crippen molar-refractivity contribution in [1.29, 1.82) is 0 Å². The fraction of sp³-hybridized carbons (Fsp3) is 0.556. The van der Waals surface area contributed by atoms with Crippen LogP contribution in [0.15, 0.2) is 24.3 Å². The van der Waals surface area contributed by atoms with E-state index in [1.165, 1.54) is 0 Å². The number of rotatable bonds is 5. The van der Waals surface area contributed by atoms with Gasteiger partial charge in [-0.15, -0.1) is 0 Å². The Morgan fingerprint density at radius 3 is 2.39 bits per heavy atom. The maximum absolute atomic E-state index is 12.5. The molecule has 0 bridgehead atoms. The highest BCUT2D eigenvalue weighted by Crippen LogP contribution is 2.14. The average Bonchev–Trinajstić information content (AvgIpc) is 3.07. The summed E-state index contributed by atoms with van der Waals surface area (Å²) in [5.41, 5.74) is 1.73. The minimum absolute atomic E-state index is 0.00507. The zero-order valence-corrected chi connectivity index (χ0v) is 14.5. The van der Waals surface area contributed by atoms with E-state index < -0.39 is 0 Å². The molecule has 2 amide bonds. The first kappa shape index (κ1) is 17.5. The summed E-state index contributed by atoms with van der Waals surface area (Å²) >= 11 is 0. The number of nitrogens with zero attached hydrogens (tertiary/aromatic N) is 2. The molecule has 1 N–H and O–H groups in total. The highest BCUT2D eigenvalue weighted by atomic mass is 16.2. The molecular formula is C18H27N3O2. The van der Waals surface area contributed by atoms with Gasteiger partial charge in [0.25, 0.3) is 5.91 Å². The van der Waals surface area contributed by atoms with Crippen LogP contribution in [0.2, 0.25) is 0 Å². The third-order valence-corrected chi connectivity index (χ3v) is 4.39. The Hall–Kier alpha value is -1.88. The predicted molar refractivity (Wildman–Crippen MR) is 91.1 cm³/mol. The molecule has 5 heteroatoms. The standard InChI is InChI=1S/C18H27N3O2/c1-13(2)17(22)20(3)12-14-5-7-15(8-6-14)18(23)21(4)16-9-10-19-11-16/h5-8,13,16,19H,9-12H2,1-4H3. The van der Waals surface area contributed by atoms with Crippen molar-refractivity contribution in [1.82, 2.24) is 15.1 Å². The summed E-state index contributed by atoms with van der Waals surface area (Å²) in [5, 5.41) is 3.28. The number of nitrogens with one attached hydrogen (secondary N) is 1. The molecule has 0 saturated carbocycles. The average molecular weight is 317 g/mol. The number of hydrogen-bond donors (Lipinski definition) is 1. The Morgan fingerprint density at radius 2 is 1.87 bits per heavy atom. The van der Waals surface area contributed by atoms with Gasteiger partial charge >= 0.3 is 0 Å². The third kappa shape index (κ3) is 4.32. The first-order valence-corrected chi connectivity index (χ1v) is 8.22. The van der Waals surface area contributed by atoms with Crippen molar-refractivity contribution in [3.63, 3.8) is 0 Å². The first-order valence-electron chi connectivity index (χ1n) is 8.22. The van der Waals surface area contributed by atoms with E-state index in [1.54, 1.807) is 4.90 Å². The van der Waals surface area contributed by atoms with Gasteiger partial charge in [-0.25, -0.2) is 0 Å². The molecule has 2 rings (SSSR count). The van der Waals surface area contributed by atoms with Crippen molar-refractivity contribution in [3.05, 3.63) is 35.4 Å². The minimum atomic E-state index is -0.00507. The summed E-state index contributed by atoms with van der Waals surface area (Å²) in [4.78, 5) is 28.0. The predicted octanol–water partition coefficient (Wildman–Crippen LogP) is 1.73. The maximum Gasteiger partial charge on any atom is 0.253 e. The Bertz CT molecular complexity index is 548. The van der Waals surface area contributed by atoms with Gasteiger partial charge in [0.15, 0.2) is 0 Å². The second-order valence-electron chi connectivity index (χ2n) is 6.61. The zero-order chi connectivity index (χ0) is 17.0. The number of likely N-dealkylation sites (N-methyl/N-ethyl adjacent to an activating group) is 1. The van der Waals surface area contributed by atoms with Crippen LogP contribution in [-0.4, -0.2) is 54.8 Å². The lowest BCUT2D eigenvalue weighted by Gasteiger charge is -2.24. The van der Waals surface area contributed by atoms with Gasteiger partial charge in [-0.2, -0.15) is 0 Å². The van der Waals surface area contributed by atoms with Crippen LogP contribution in [0.4, 0.5) is 0 Å². The van der Waals surface area contributed by atoms with E-state index in [9.17, 15) is 9.59 Å². The summed E-state index contributed by atoms with van der Waals surface area (Å²) in [5.74, 6) is 0.171. The van der Waals surface area contributed by atoms with Crippen LogP contribution < -0.4 is 5.32 Å². The summed E-state index contributed by atoms with van der Waals surface area (Å²) < 4.78 is 0. The van der Waals surface area contributed by atoms with Crippen molar-refractivity contribution in [2.75, 3.05) is 27.2 Å². The van der Waals surface area contributed by atoms with E-state index in [-0.39, 0.29) is 23.8 Å². The van der Waals surface area contributed by atoms with E-state index >= 15 is 0 Å². The molecule has 23 heavy (non-hydrogen) atoms. The van der Waals surface area contributed by atoms with E-state index in [1.807, 2.05) is 57.1 Å². The molecule has 1 aliphatic heterocycles. The number of carbonyl (C=O) groups excluding carboxylic acids is 2. The Kier molecular flexibility index (Phi) is 5.77. The van der Waals surface area contributed by atoms with Crippen LogP contribution in [-0.2, 0) is 11.3 Å². The SMILES string of the molecule is CC(C)C(=O)N(C)Cc1ccc(C(=O)N(C)C2CCNC2)cc1. The van der Waals surface area contributed by atoms with E-state index in [0.29, 0.717) is 12.1 Å². The second kappa shape index (κ2) is 7.59. The van der Waals surface area contributed by atoms with Crippen molar-refractivity contribution < 1.29 is 9.59 Å². The van der Waals surface area contributed by atoms with E-state index in [2.05, 4.69) is 5.32 Å². The fourth-order valence-corrected chi connectivity index (χ4v) is 2.88. The van der Waals surface area contributed by atoms with Gasteiger partial charge in [-0.3, -0.25) is 9.59 Å². The van der Waals surface area contributed by atoms with E-state index in [0.717, 1.165) is 25.1 Å². The minimum Gasteiger partial charge on any atom is -0.341 e. The van der Waals surface area contributed by atoms with Crippen LogP contribution in [0, 0.1) is 5.92 Å². The van der Waals surface area contributed by atoms with E-state index in [4.69, 9.17) is 0 Å². The number of amides is 2. The fourth-order valence-electron chi connectivity index (χ4n) is 2.88. The maximum atomic E-state index is 12.5. The molecular weight excluding hydrogens is 290 g/mol. The lowest BCUT2D eigenvalue weighted by molar-refractivity contribution is -0.133. The summed E-state index contributed by atoms with van der Waals surface area (Å²) in [6, 6.07) is 7.84. The topological polar surface area (TPSA) is 52.7 Å². The van der Waals surface area contributed by atoms with Crippen LogP contribution in [0.5, 0.6) is 0 Å². The Labute approximate surface area is 138 Å². The Balaban J connectivity index is 1.98. The van der Waals surface area contributed by atoms with Crippen LogP contribution in [0.25, 0.3) is 0 Å². The van der Waals surface area contributed by atoms with Crippen LogP contribution in [0.3, 0.4) is 0 Å². The molecule has 126 valence electrons. The molecule has 1 unspecified atom stereocenters. The molecule has 1 atom stereocenters. The van der Waals surface area contributed by atoms with Gasteiger partial charge in [0.05, 0.1) is 0 Å². The molecule has 1 saturated heterocycles. The highest BCUT2D eigenvalue weighted by Gasteiger charge is 2.24. The molecule has 1 fully saturated rings. The van der Waals surface area contributed by atoms with Gasteiger partial charge in [0.2, 0.25) is 5.91 Å². The number of benzene rings is 1. The normalized spacial score (nSPS) is 17.3. The molecule has 1 aromatic carbocycles. The van der Waals surface area contributed by atoms with Gasteiger partial charge in [0, 0.05) is 44.7 Å². The molecule has 0 aliphatic carbocycles. The number of hydrogen-bond acceptors (Lipinski definition) is 3. The van der Waals surface area contributed by atoms with Crippen LogP contribution >= 0.6 is 0 Å². The molecule has 1 aromatic rings. The largest absolute Gasteiger partial charge is 0.341 e. The second-order valence-corrected chi connectivity index (χ2v) is 6.61. The van der Waals surface area contributed by atoms with Gasteiger partial charge < -0.3 is 15.1 Å². The lowest BCUT2D eigenvalue weighted by Crippen LogP contribution is -2.38. The monoisotopic (exact) mass is 317 g/mol. The molecule has 0 radical (unpaired) electrons. The van der Waals surface area contributed by atoms with Crippen molar-refractivity contribution in [2.24, 2.45) is 5.92 Å². The number of carbonyl (C=O) groups is 2. The summed E-state index contributed by atoms with van der Waals surface area (Å²) in [7, 11) is 3.67. The molecule has 5 nitrogen and oxygen atoms in total. The first-order chi connectivity index (χ1) is 10.9. The highest BCUT2D eigenvalue weighted by molar-refractivity contribution is 5.94. The van der Waals surface area contributed by atoms with Gasteiger partial charge in [-0.05, 0) is 30.7 Å². The molecule has 0 aromatic heterocycles. The molecule has 1 heterocycles. The molecule has 0 spiro atoms. The summed E-state index contributed by atoms with van der Waals surface area (Å²) in [6.07, 6.45) is 1.00. The quantitative estimate of drug-likeness (QED) is 0.900. The lowest BCUT2D eigenvalue weighted by atomic mass is 10.1. The third-order valence-electron chi connectivity index (χ3n) is 4.39. The van der Waals surface area contributed by atoms with Crippen molar-refractivity contribution in [2.45, 2.75) is 32.9 Å². The zero-order valence-electron chi connectivity index (χ0n) is 14.5. The van der Waals surface area contributed by atoms with Gasteiger partial charge in [-0.1, -0.05) is 26.0 Å². The smallest absolute Gasteiger partial charge is 0.253 e. The molecule has 1 aliphatic rings. The van der Waals surface area contributed by atoms with Crippen molar-refractivity contribution >= 4 is 11.8 Å². The van der Waals surface area contributed by atoms with Gasteiger partial charge in [0.1, 0.15) is 0 Å². The Morgan fingerprint density at radius 1 is 1.22 bits per heavy atom.